The predicted molar refractivity (Wildman–Crippen MR) is 72.0 cm³/mol. The smallest absolute Gasteiger partial charge is 0.232 e. The molecule has 3 heteroatoms. The van der Waals surface area contributed by atoms with Crippen LogP contribution in [-0.4, -0.2) is 5.91 Å². The molecule has 1 saturated carbocycles. The molecule has 90 valence electrons. The van der Waals surface area contributed by atoms with Crippen LogP contribution in [0.25, 0.3) is 0 Å². The first-order valence-electron chi connectivity index (χ1n) is 6.26. The van der Waals surface area contributed by atoms with Gasteiger partial charge in [0.2, 0.25) is 5.91 Å². The van der Waals surface area contributed by atoms with Gasteiger partial charge in [-0.1, -0.05) is 25.5 Å². The van der Waals surface area contributed by atoms with Crippen molar-refractivity contribution >= 4 is 27.5 Å². The van der Waals surface area contributed by atoms with Gasteiger partial charge in [0, 0.05) is 4.47 Å². The fourth-order valence-corrected chi connectivity index (χ4v) is 3.78. The molecule has 17 heavy (non-hydrogen) atoms. The molecule has 2 nitrogen and oxygen atoms in total. The van der Waals surface area contributed by atoms with E-state index in [1.54, 1.807) is 0 Å². The van der Waals surface area contributed by atoms with Gasteiger partial charge in [-0.2, -0.15) is 0 Å². The lowest BCUT2D eigenvalue weighted by Crippen LogP contribution is -2.19. The first kappa shape index (κ1) is 11.3. The minimum atomic E-state index is 0.0763. The number of nitrogens with one attached hydrogen (secondary N) is 1. The summed E-state index contributed by atoms with van der Waals surface area (Å²) in [6.07, 6.45) is 3.63. The maximum Gasteiger partial charge on any atom is 0.232 e. The largest absolute Gasteiger partial charge is 0.324 e. The molecule has 0 aromatic heterocycles. The number of carbonyl (C=O) groups excluding carboxylic acids is 1. The van der Waals surface area contributed by atoms with Gasteiger partial charge in [0.15, 0.2) is 0 Å². The summed E-state index contributed by atoms with van der Waals surface area (Å²) < 4.78 is 0.997. The summed E-state index contributed by atoms with van der Waals surface area (Å²) in [5.74, 6) is 1.56. The van der Waals surface area contributed by atoms with Gasteiger partial charge >= 0.3 is 0 Å². The molecular weight excluding hydrogens is 278 g/mol. The van der Waals surface area contributed by atoms with Crippen molar-refractivity contribution in [2.45, 2.75) is 32.1 Å². The molecule has 3 atom stereocenters. The van der Waals surface area contributed by atoms with Crippen molar-refractivity contribution in [3.8, 4) is 0 Å². The molecule has 0 radical (unpaired) electrons. The Kier molecular flexibility index (Phi) is 2.74. The van der Waals surface area contributed by atoms with E-state index < -0.39 is 0 Å². The Morgan fingerprint density at radius 1 is 1.35 bits per heavy atom. The minimum Gasteiger partial charge on any atom is -0.324 e. The number of halogens is 1. The summed E-state index contributed by atoms with van der Waals surface area (Å²) in [4.78, 5) is 12.1. The van der Waals surface area contributed by atoms with E-state index in [9.17, 15) is 4.79 Å². The summed E-state index contributed by atoms with van der Waals surface area (Å²) in [5, 5.41) is 3.02. The highest BCUT2D eigenvalue weighted by atomic mass is 79.9. The van der Waals surface area contributed by atoms with Crippen molar-refractivity contribution in [3.05, 3.63) is 28.2 Å². The Hall–Kier alpha value is -0.830. The van der Waals surface area contributed by atoms with E-state index in [1.807, 2.05) is 12.1 Å². The van der Waals surface area contributed by atoms with Crippen molar-refractivity contribution in [1.82, 2.24) is 0 Å². The van der Waals surface area contributed by atoms with Gasteiger partial charge < -0.3 is 5.32 Å². The van der Waals surface area contributed by atoms with Crippen LogP contribution in [0.4, 0.5) is 5.69 Å². The lowest BCUT2D eigenvalue weighted by molar-refractivity contribution is -0.118. The molecule has 1 aromatic rings. The summed E-state index contributed by atoms with van der Waals surface area (Å²) in [6, 6.07) is 6.10. The van der Waals surface area contributed by atoms with Crippen LogP contribution < -0.4 is 5.32 Å². The van der Waals surface area contributed by atoms with Crippen LogP contribution >= 0.6 is 15.9 Å². The Balaban J connectivity index is 1.97. The van der Waals surface area contributed by atoms with E-state index in [0.717, 1.165) is 16.1 Å². The number of anilines is 1. The zero-order valence-electron chi connectivity index (χ0n) is 9.87. The fraction of sp³-hybridized carbons (Fsp3) is 0.500. The number of amides is 1. The van der Waals surface area contributed by atoms with Crippen molar-refractivity contribution in [2.75, 3.05) is 5.32 Å². The maximum atomic E-state index is 12.1. The van der Waals surface area contributed by atoms with Gasteiger partial charge in [-0.3, -0.25) is 4.79 Å². The van der Waals surface area contributed by atoms with Gasteiger partial charge in [-0.15, -0.1) is 0 Å². The van der Waals surface area contributed by atoms with E-state index >= 15 is 0 Å². The first-order valence-corrected chi connectivity index (χ1v) is 7.05. The van der Waals surface area contributed by atoms with Crippen LogP contribution in [0.2, 0.25) is 0 Å². The number of fused-ring (bicyclic) bond motifs is 1. The molecule has 1 N–H and O–H groups in total. The number of carbonyl (C=O) groups is 1. The molecule has 2 aliphatic rings. The van der Waals surface area contributed by atoms with Gasteiger partial charge in [-0.25, -0.2) is 0 Å². The lowest BCUT2D eigenvalue weighted by atomic mass is 9.85. The van der Waals surface area contributed by atoms with Crippen molar-refractivity contribution in [3.63, 3.8) is 0 Å². The number of para-hydroxylation sites is 1. The SMILES string of the molecule is CC1CCC(C2C(=O)Nc3c(Br)cccc32)C1. The maximum absolute atomic E-state index is 12.1. The fourth-order valence-electron chi connectivity index (χ4n) is 3.30. The average Bonchev–Trinajstić information content (AvgIpc) is 2.82. The van der Waals surface area contributed by atoms with Gasteiger partial charge in [0.25, 0.3) is 0 Å². The molecule has 0 saturated heterocycles. The Labute approximate surface area is 110 Å². The van der Waals surface area contributed by atoms with Gasteiger partial charge in [-0.05, 0) is 52.2 Å². The molecule has 3 unspecified atom stereocenters. The van der Waals surface area contributed by atoms with Crippen molar-refractivity contribution < 1.29 is 4.79 Å². The zero-order valence-corrected chi connectivity index (χ0v) is 11.5. The number of hydrogen-bond acceptors (Lipinski definition) is 1. The summed E-state index contributed by atoms with van der Waals surface area (Å²) in [5.41, 5.74) is 2.17. The van der Waals surface area contributed by atoms with E-state index in [1.165, 1.54) is 24.8 Å². The molecule has 1 aromatic carbocycles. The highest BCUT2D eigenvalue weighted by Gasteiger charge is 2.40. The molecule has 0 spiro atoms. The molecule has 3 rings (SSSR count). The summed E-state index contributed by atoms with van der Waals surface area (Å²) >= 11 is 3.51. The van der Waals surface area contributed by atoms with E-state index in [4.69, 9.17) is 0 Å². The third kappa shape index (κ3) is 1.81. The van der Waals surface area contributed by atoms with Crippen LogP contribution in [-0.2, 0) is 4.79 Å². The Morgan fingerprint density at radius 3 is 2.88 bits per heavy atom. The second-order valence-electron chi connectivity index (χ2n) is 5.35. The number of rotatable bonds is 1. The molecular formula is C14H16BrNO. The number of benzene rings is 1. The standard InChI is InChI=1S/C14H16BrNO/c1-8-5-6-9(7-8)12-10-3-2-4-11(15)13(10)16-14(12)17/h2-4,8-9,12H,5-7H2,1H3,(H,16,17). The van der Waals surface area contributed by atoms with Crippen LogP contribution in [0.1, 0.15) is 37.7 Å². The summed E-state index contributed by atoms with van der Waals surface area (Å²) in [6.45, 7) is 2.29. The van der Waals surface area contributed by atoms with Crippen LogP contribution in [0.15, 0.2) is 22.7 Å². The molecule has 1 heterocycles. The van der Waals surface area contributed by atoms with Crippen molar-refractivity contribution in [2.24, 2.45) is 11.8 Å². The lowest BCUT2D eigenvalue weighted by Gasteiger charge is -2.16. The third-order valence-electron chi connectivity index (χ3n) is 4.12. The molecule has 1 amide bonds. The third-order valence-corrected chi connectivity index (χ3v) is 4.78. The van der Waals surface area contributed by atoms with Crippen LogP contribution in [0.5, 0.6) is 0 Å². The second kappa shape index (κ2) is 4.13. The molecule has 0 bridgehead atoms. The van der Waals surface area contributed by atoms with Crippen LogP contribution in [0, 0.1) is 11.8 Å². The normalized spacial score (nSPS) is 31.4. The zero-order chi connectivity index (χ0) is 12.0. The topological polar surface area (TPSA) is 29.1 Å². The Morgan fingerprint density at radius 2 is 2.18 bits per heavy atom. The molecule has 1 aliphatic heterocycles. The van der Waals surface area contributed by atoms with Crippen LogP contribution in [0.3, 0.4) is 0 Å². The van der Waals surface area contributed by atoms with E-state index in [2.05, 4.69) is 34.2 Å². The summed E-state index contributed by atoms with van der Waals surface area (Å²) in [7, 11) is 0. The van der Waals surface area contributed by atoms with Gasteiger partial charge in [0.05, 0.1) is 11.6 Å². The molecule has 1 fully saturated rings. The monoisotopic (exact) mass is 293 g/mol. The van der Waals surface area contributed by atoms with E-state index in [0.29, 0.717) is 5.92 Å². The average molecular weight is 294 g/mol. The first-order chi connectivity index (χ1) is 8.16. The van der Waals surface area contributed by atoms with E-state index in [-0.39, 0.29) is 11.8 Å². The minimum absolute atomic E-state index is 0.0763. The van der Waals surface area contributed by atoms with Gasteiger partial charge in [0.1, 0.15) is 0 Å². The second-order valence-corrected chi connectivity index (χ2v) is 6.20. The number of hydrogen-bond donors (Lipinski definition) is 1. The highest BCUT2D eigenvalue weighted by molar-refractivity contribution is 9.10. The molecule has 1 aliphatic carbocycles. The highest BCUT2D eigenvalue weighted by Crippen LogP contribution is 2.47. The van der Waals surface area contributed by atoms with Crippen molar-refractivity contribution in [1.29, 1.82) is 0 Å². The quantitative estimate of drug-likeness (QED) is 0.835. The Bertz CT molecular complexity index is 471. The predicted octanol–water partition coefficient (Wildman–Crippen LogP) is 3.92.